The van der Waals surface area contributed by atoms with Crippen LogP contribution in [0.3, 0.4) is 0 Å². The Morgan fingerprint density at radius 3 is 1.95 bits per heavy atom. The zero-order valence-electron chi connectivity index (χ0n) is 12.3. The molecular formula is C17H22N2. The van der Waals surface area contributed by atoms with Gasteiger partial charge in [-0.3, -0.25) is 0 Å². The van der Waals surface area contributed by atoms with Crippen molar-refractivity contribution >= 4 is 0 Å². The van der Waals surface area contributed by atoms with Crippen molar-refractivity contribution < 1.29 is 0 Å². The summed E-state index contributed by atoms with van der Waals surface area (Å²) >= 11 is 0. The van der Waals surface area contributed by atoms with Crippen molar-refractivity contribution in [2.75, 3.05) is 0 Å². The topological polar surface area (TPSA) is 47.6 Å². The molecule has 0 heterocycles. The Hall–Kier alpha value is -1.80. The Balaban J connectivity index is 3.26. The minimum Gasteiger partial charge on any atom is -0.198 e. The van der Waals surface area contributed by atoms with Crippen molar-refractivity contribution in [1.82, 2.24) is 0 Å². The van der Waals surface area contributed by atoms with Crippen molar-refractivity contribution in [3.05, 3.63) is 34.4 Å². The number of benzene rings is 1. The van der Waals surface area contributed by atoms with E-state index in [1.54, 1.807) is 0 Å². The van der Waals surface area contributed by atoms with Crippen molar-refractivity contribution in [2.45, 2.75) is 47.0 Å². The van der Waals surface area contributed by atoms with Crippen LogP contribution in [-0.2, 0) is 19.3 Å². The third-order valence-electron chi connectivity index (χ3n) is 3.07. The molecule has 2 nitrogen and oxygen atoms in total. The summed E-state index contributed by atoms with van der Waals surface area (Å²) in [6.45, 7) is 8.67. The number of hydrogen-bond acceptors (Lipinski definition) is 2. The maximum absolute atomic E-state index is 9.26. The predicted octanol–water partition coefficient (Wildman–Crippen LogP) is 4.02. The van der Waals surface area contributed by atoms with E-state index in [0.29, 0.717) is 18.3 Å². The number of hydrogen-bond donors (Lipinski definition) is 0. The Labute approximate surface area is 116 Å². The molecule has 0 saturated carbocycles. The summed E-state index contributed by atoms with van der Waals surface area (Å²) in [4.78, 5) is 0. The lowest BCUT2D eigenvalue weighted by Gasteiger charge is -2.15. The van der Waals surface area contributed by atoms with Gasteiger partial charge < -0.3 is 0 Å². The van der Waals surface area contributed by atoms with Gasteiger partial charge in [0.25, 0.3) is 0 Å². The molecule has 0 aliphatic rings. The summed E-state index contributed by atoms with van der Waals surface area (Å²) in [5, 5.41) is 18.2. The number of rotatable bonds is 5. The molecule has 2 heteroatoms. The Morgan fingerprint density at radius 1 is 0.895 bits per heavy atom. The van der Waals surface area contributed by atoms with Gasteiger partial charge in [-0.25, -0.2) is 0 Å². The van der Waals surface area contributed by atoms with E-state index in [2.05, 4.69) is 45.9 Å². The monoisotopic (exact) mass is 254 g/mol. The highest BCUT2D eigenvalue weighted by Crippen LogP contribution is 2.22. The van der Waals surface area contributed by atoms with Gasteiger partial charge in [0.2, 0.25) is 0 Å². The van der Waals surface area contributed by atoms with Gasteiger partial charge >= 0.3 is 0 Å². The van der Waals surface area contributed by atoms with E-state index in [0.717, 1.165) is 29.5 Å². The zero-order chi connectivity index (χ0) is 14.4. The second kappa shape index (κ2) is 6.95. The molecule has 0 aliphatic carbocycles. The predicted molar refractivity (Wildman–Crippen MR) is 77.6 cm³/mol. The van der Waals surface area contributed by atoms with Gasteiger partial charge in [-0.15, -0.1) is 0 Å². The second-order valence-corrected chi connectivity index (χ2v) is 5.92. The van der Waals surface area contributed by atoms with Crippen molar-refractivity contribution in [2.24, 2.45) is 11.8 Å². The molecule has 0 amide bonds. The molecule has 0 fully saturated rings. The molecule has 0 spiro atoms. The molecule has 0 atom stereocenters. The maximum atomic E-state index is 9.26. The van der Waals surface area contributed by atoms with E-state index < -0.39 is 0 Å². The van der Waals surface area contributed by atoms with E-state index in [4.69, 9.17) is 5.26 Å². The van der Waals surface area contributed by atoms with Crippen LogP contribution in [0, 0.1) is 34.5 Å². The molecule has 1 rings (SSSR count). The van der Waals surface area contributed by atoms with Crippen molar-refractivity contribution in [3.8, 4) is 12.1 Å². The molecule has 0 bridgehead atoms. The van der Waals surface area contributed by atoms with Crippen LogP contribution >= 0.6 is 0 Å². The Bertz CT molecular complexity index is 513. The molecule has 0 aromatic heterocycles. The summed E-state index contributed by atoms with van der Waals surface area (Å²) in [5.74, 6) is 1.08. The quantitative estimate of drug-likeness (QED) is 0.796. The average Bonchev–Trinajstić information content (AvgIpc) is 2.31. The molecule has 0 unspecified atom stereocenters. The summed E-state index contributed by atoms with van der Waals surface area (Å²) in [6, 6.07) is 8.53. The molecular weight excluding hydrogens is 232 g/mol. The van der Waals surface area contributed by atoms with Crippen molar-refractivity contribution in [1.29, 1.82) is 10.5 Å². The van der Waals surface area contributed by atoms with Gasteiger partial charge in [0.1, 0.15) is 0 Å². The molecule has 100 valence electrons. The molecule has 19 heavy (non-hydrogen) atoms. The first kappa shape index (κ1) is 15.3. The van der Waals surface area contributed by atoms with Crippen LogP contribution in [0.4, 0.5) is 0 Å². The highest BCUT2D eigenvalue weighted by atomic mass is 14.3. The first-order chi connectivity index (χ1) is 8.97. The maximum Gasteiger partial charge on any atom is 0.0994 e. The minimum absolute atomic E-state index is 0.388. The number of nitrogens with zero attached hydrogens (tertiary/aromatic N) is 2. The highest BCUT2D eigenvalue weighted by molar-refractivity contribution is 5.46. The van der Waals surface area contributed by atoms with Gasteiger partial charge in [0.15, 0.2) is 0 Å². The van der Waals surface area contributed by atoms with Crippen LogP contribution < -0.4 is 0 Å². The third-order valence-corrected chi connectivity index (χ3v) is 3.07. The largest absolute Gasteiger partial charge is 0.198 e. The fourth-order valence-electron chi connectivity index (χ4n) is 2.33. The average molecular weight is 254 g/mol. The van der Waals surface area contributed by atoms with E-state index >= 15 is 0 Å². The molecule has 1 aromatic rings. The SMILES string of the molecule is CC(C)Cc1cc(CC(C)C)c(CC#N)cc1C#N. The Morgan fingerprint density at radius 2 is 1.47 bits per heavy atom. The highest BCUT2D eigenvalue weighted by Gasteiger charge is 2.12. The second-order valence-electron chi connectivity index (χ2n) is 5.92. The van der Waals surface area contributed by atoms with Gasteiger partial charge in [0.05, 0.1) is 24.1 Å². The van der Waals surface area contributed by atoms with Gasteiger partial charge in [-0.05, 0) is 47.4 Å². The molecule has 0 radical (unpaired) electrons. The van der Waals surface area contributed by atoms with Crippen molar-refractivity contribution in [3.63, 3.8) is 0 Å². The van der Waals surface area contributed by atoms with E-state index in [9.17, 15) is 5.26 Å². The fourth-order valence-corrected chi connectivity index (χ4v) is 2.33. The third kappa shape index (κ3) is 4.42. The molecule has 0 saturated heterocycles. The van der Waals surface area contributed by atoms with Crippen LogP contribution in [0.1, 0.15) is 49.9 Å². The summed E-state index contributed by atoms with van der Waals surface area (Å²) in [7, 11) is 0. The normalized spacial score (nSPS) is 10.5. The lowest BCUT2D eigenvalue weighted by Crippen LogP contribution is -2.05. The molecule has 1 aromatic carbocycles. The summed E-state index contributed by atoms with van der Waals surface area (Å²) in [6.07, 6.45) is 2.27. The van der Waals surface area contributed by atoms with Crippen LogP contribution in [0.25, 0.3) is 0 Å². The van der Waals surface area contributed by atoms with Gasteiger partial charge in [-0.1, -0.05) is 33.8 Å². The van der Waals surface area contributed by atoms with E-state index in [1.807, 2.05) is 6.07 Å². The summed E-state index contributed by atoms with van der Waals surface area (Å²) < 4.78 is 0. The van der Waals surface area contributed by atoms with Gasteiger partial charge in [-0.2, -0.15) is 10.5 Å². The minimum atomic E-state index is 0.388. The lowest BCUT2D eigenvalue weighted by molar-refractivity contribution is 0.633. The van der Waals surface area contributed by atoms with Crippen LogP contribution in [0.15, 0.2) is 12.1 Å². The molecule has 0 N–H and O–H groups in total. The Kier molecular flexibility index (Phi) is 5.58. The van der Waals surface area contributed by atoms with Crippen LogP contribution in [0.5, 0.6) is 0 Å². The van der Waals surface area contributed by atoms with Crippen LogP contribution in [-0.4, -0.2) is 0 Å². The standard InChI is InChI=1S/C17H22N2/c1-12(2)7-15-10-16(8-13(3)4)17(11-19)9-14(15)5-6-18/h9-10,12-13H,5,7-8H2,1-4H3. The molecule has 0 aliphatic heterocycles. The van der Waals surface area contributed by atoms with Crippen LogP contribution in [0.2, 0.25) is 0 Å². The van der Waals surface area contributed by atoms with Gasteiger partial charge in [0, 0.05) is 0 Å². The van der Waals surface area contributed by atoms with E-state index in [1.165, 1.54) is 5.56 Å². The number of nitriles is 2. The zero-order valence-corrected chi connectivity index (χ0v) is 12.3. The fraction of sp³-hybridized carbons (Fsp3) is 0.529. The lowest BCUT2D eigenvalue weighted by atomic mass is 9.89. The van der Waals surface area contributed by atoms with E-state index in [-0.39, 0.29) is 0 Å². The summed E-state index contributed by atoms with van der Waals surface area (Å²) in [5.41, 5.74) is 4.09. The first-order valence-electron chi connectivity index (χ1n) is 6.89. The first-order valence-corrected chi connectivity index (χ1v) is 6.89. The smallest absolute Gasteiger partial charge is 0.0994 e.